The summed E-state index contributed by atoms with van der Waals surface area (Å²) in [6, 6.07) is 14.4. The number of tetrazole rings is 1. The first kappa shape index (κ1) is 15.2. The fourth-order valence-electron chi connectivity index (χ4n) is 2.10. The number of rotatable bonds is 5. The highest BCUT2D eigenvalue weighted by Crippen LogP contribution is 2.24. The highest BCUT2D eigenvalue weighted by Gasteiger charge is 2.11. The molecule has 116 valence electrons. The lowest BCUT2D eigenvalue weighted by Crippen LogP contribution is -1.99. The van der Waals surface area contributed by atoms with E-state index in [4.69, 9.17) is 0 Å². The van der Waals surface area contributed by atoms with Gasteiger partial charge < -0.3 is 0 Å². The van der Waals surface area contributed by atoms with Crippen molar-refractivity contribution in [1.29, 1.82) is 0 Å². The van der Waals surface area contributed by atoms with Crippen molar-refractivity contribution >= 4 is 17.4 Å². The Hall–Kier alpha value is -2.74. The van der Waals surface area contributed by atoms with Crippen molar-refractivity contribution in [3.63, 3.8) is 0 Å². The first-order valence-electron chi connectivity index (χ1n) is 6.85. The first-order valence-corrected chi connectivity index (χ1v) is 7.83. The van der Waals surface area contributed by atoms with Gasteiger partial charge in [-0.2, -0.15) is 4.68 Å². The van der Waals surface area contributed by atoms with E-state index in [-0.39, 0.29) is 5.69 Å². The number of non-ortho nitro benzene ring substituents is 1. The largest absolute Gasteiger partial charge is 0.269 e. The summed E-state index contributed by atoms with van der Waals surface area (Å²) in [5, 5.41) is 23.2. The topological polar surface area (TPSA) is 86.7 Å². The second-order valence-electron chi connectivity index (χ2n) is 4.93. The van der Waals surface area contributed by atoms with Crippen molar-refractivity contribution in [1.82, 2.24) is 20.2 Å². The number of aryl methyl sites for hydroxylation is 1. The number of nitro benzene ring substituents is 1. The fraction of sp³-hybridized carbons (Fsp3) is 0.133. The maximum atomic E-state index is 10.8. The minimum Gasteiger partial charge on any atom is -0.258 e. The molecule has 0 aliphatic heterocycles. The molecule has 0 radical (unpaired) electrons. The summed E-state index contributed by atoms with van der Waals surface area (Å²) in [6.45, 7) is 2.00. The van der Waals surface area contributed by atoms with Gasteiger partial charge in [-0.3, -0.25) is 10.1 Å². The molecule has 0 aliphatic rings. The predicted molar refractivity (Wildman–Crippen MR) is 86.5 cm³/mol. The summed E-state index contributed by atoms with van der Waals surface area (Å²) in [4.78, 5) is 10.4. The van der Waals surface area contributed by atoms with Crippen LogP contribution in [-0.2, 0) is 5.75 Å². The van der Waals surface area contributed by atoms with Crippen LogP contribution in [0.15, 0.2) is 53.7 Å². The van der Waals surface area contributed by atoms with Crippen molar-refractivity contribution in [3.05, 3.63) is 69.8 Å². The smallest absolute Gasteiger partial charge is 0.258 e. The van der Waals surface area contributed by atoms with Crippen LogP contribution in [0.1, 0.15) is 11.1 Å². The summed E-state index contributed by atoms with van der Waals surface area (Å²) < 4.78 is 1.66. The summed E-state index contributed by atoms with van der Waals surface area (Å²) in [5.41, 5.74) is 2.94. The molecule has 1 heterocycles. The third-order valence-corrected chi connectivity index (χ3v) is 4.17. The van der Waals surface area contributed by atoms with E-state index >= 15 is 0 Å². The van der Waals surface area contributed by atoms with Crippen LogP contribution < -0.4 is 0 Å². The monoisotopic (exact) mass is 327 g/mol. The van der Waals surface area contributed by atoms with Crippen LogP contribution in [0.25, 0.3) is 5.69 Å². The maximum absolute atomic E-state index is 10.8. The quantitative estimate of drug-likeness (QED) is 0.406. The number of hydrogen-bond donors (Lipinski definition) is 0. The Balaban J connectivity index is 1.79. The molecule has 0 amide bonds. The van der Waals surface area contributed by atoms with Crippen LogP contribution in [0.3, 0.4) is 0 Å². The fourth-order valence-corrected chi connectivity index (χ4v) is 2.93. The Kier molecular flexibility index (Phi) is 4.33. The van der Waals surface area contributed by atoms with Gasteiger partial charge in [0.25, 0.3) is 5.69 Å². The number of benzene rings is 2. The minimum absolute atomic E-state index is 0.0846. The van der Waals surface area contributed by atoms with Gasteiger partial charge in [0.1, 0.15) is 0 Å². The molecule has 0 aliphatic carbocycles. The van der Waals surface area contributed by atoms with E-state index in [2.05, 4.69) is 15.5 Å². The van der Waals surface area contributed by atoms with Gasteiger partial charge in [-0.25, -0.2) is 0 Å². The summed E-state index contributed by atoms with van der Waals surface area (Å²) >= 11 is 1.43. The lowest BCUT2D eigenvalue weighted by Gasteiger charge is -2.05. The Morgan fingerprint density at radius 1 is 1.22 bits per heavy atom. The molecule has 0 atom stereocenters. The van der Waals surface area contributed by atoms with Crippen LogP contribution in [0, 0.1) is 17.0 Å². The van der Waals surface area contributed by atoms with Crippen molar-refractivity contribution in [2.45, 2.75) is 17.8 Å². The van der Waals surface area contributed by atoms with Crippen molar-refractivity contribution in [2.75, 3.05) is 0 Å². The lowest BCUT2D eigenvalue weighted by molar-refractivity contribution is -0.384. The molecule has 0 bridgehead atoms. The van der Waals surface area contributed by atoms with Crippen LogP contribution in [-0.4, -0.2) is 25.1 Å². The van der Waals surface area contributed by atoms with Gasteiger partial charge in [0.2, 0.25) is 5.16 Å². The van der Waals surface area contributed by atoms with Gasteiger partial charge in [-0.05, 0) is 40.6 Å². The van der Waals surface area contributed by atoms with Crippen LogP contribution in [0.4, 0.5) is 5.69 Å². The molecule has 1 aromatic heterocycles. The third kappa shape index (κ3) is 3.54. The molecule has 0 unspecified atom stereocenters. The molecule has 0 N–H and O–H groups in total. The molecule has 0 fully saturated rings. The molecule has 2 aromatic carbocycles. The third-order valence-electron chi connectivity index (χ3n) is 3.18. The van der Waals surface area contributed by atoms with Gasteiger partial charge in [-0.1, -0.05) is 36.0 Å². The lowest BCUT2D eigenvalue weighted by atomic mass is 10.2. The number of nitro groups is 1. The molecule has 0 saturated carbocycles. The van der Waals surface area contributed by atoms with Crippen LogP contribution in [0.5, 0.6) is 0 Å². The van der Waals surface area contributed by atoms with E-state index in [9.17, 15) is 10.1 Å². The zero-order valence-electron chi connectivity index (χ0n) is 12.3. The standard InChI is InChI=1S/C15H13N5O2S/c1-11-4-2-6-13(8-11)19-15(16-17-18-19)23-10-12-5-3-7-14(9-12)20(21)22/h2-9H,10H2,1H3. The molecule has 3 rings (SSSR count). The highest BCUT2D eigenvalue weighted by atomic mass is 32.2. The van der Waals surface area contributed by atoms with Gasteiger partial charge >= 0.3 is 0 Å². The van der Waals surface area contributed by atoms with Gasteiger partial charge in [0.05, 0.1) is 10.6 Å². The van der Waals surface area contributed by atoms with Crippen molar-refractivity contribution in [2.24, 2.45) is 0 Å². The van der Waals surface area contributed by atoms with E-state index in [1.807, 2.05) is 37.3 Å². The number of nitrogens with zero attached hydrogens (tertiary/aromatic N) is 5. The molecule has 8 heteroatoms. The van der Waals surface area contributed by atoms with Gasteiger partial charge in [0.15, 0.2) is 0 Å². The zero-order valence-corrected chi connectivity index (χ0v) is 13.1. The number of thioether (sulfide) groups is 1. The summed E-state index contributed by atoms with van der Waals surface area (Å²) in [6.07, 6.45) is 0. The van der Waals surface area contributed by atoms with E-state index in [0.717, 1.165) is 16.8 Å². The number of aromatic nitrogens is 4. The number of hydrogen-bond acceptors (Lipinski definition) is 6. The second-order valence-corrected chi connectivity index (χ2v) is 5.87. The van der Waals surface area contributed by atoms with Gasteiger partial charge in [-0.15, -0.1) is 5.10 Å². The molecule has 3 aromatic rings. The zero-order chi connectivity index (χ0) is 16.2. The van der Waals surface area contributed by atoms with E-state index in [1.54, 1.807) is 16.8 Å². The average molecular weight is 327 g/mol. The van der Waals surface area contributed by atoms with Crippen molar-refractivity contribution < 1.29 is 4.92 Å². The molecule has 7 nitrogen and oxygen atoms in total. The molecule has 0 spiro atoms. The summed E-state index contributed by atoms with van der Waals surface area (Å²) in [5.74, 6) is 0.549. The van der Waals surface area contributed by atoms with E-state index < -0.39 is 4.92 Å². The van der Waals surface area contributed by atoms with Gasteiger partial charge in [0, 0.05) is 17.9 Å². The molecule has 23 heavy (non-hydrogen) atoms. The predicted octanol–water partition coefficient (Wildman–Crippen LogP) is 3.17. The Bertz CT molecular complexity index is 849. The van der Waals surface area contributed by atoms with Crippen LogP contribution in [0.2, 0.25) is 0 Å². The highest BCUT2D eigenvalue weighted by molar-refractivity contribution is 7.98. The normalized spacial score (nSPS) is 10.7. The molecule has 0 saturated heterocycles. The minimum atomic E-state index is -0.398. The van der Waals surface area contributed by atoms with Crippen molar-refractivity contribution in [3.8, 4) is 5.69 Å². The summed E-state index contributed by atoms with van der Waals surface area (Å²) in [7, 11) is 0. The Morgan fingerprint density at radius 2 is 2.04 bits per heavy atom. The second kappa shape index (κ2) is 6.57. The molecular weight excluding hydrogens is 314 g/mol. The maximum Gasteiger partial charge on any atom is 0.269 e. The first-order chi connectivity index (χ1) is 11.1. The van der Waals surface area contributed by atoms with E-state index in [0.29, 0.717) is 10.9 Å². The SMILES string of the molecule is Cc1cccc(-n2nnnc2SCc2cccc([N+](=O)[O-])c2)c1. The Morgan fingerprint density at radius 3 is 2.83 bits per heavy atom. The van der Waals surface area contributed by atoms with E-state index in [1.165, 1.54) is 17.8 Å². The average Bonchev–Trinajstić information content (AvgIpc) is 3.02. The molecular formula is C15H13N5O2S. The van der Waals surface area contributed by atoms with Crippen LogP contribution >= 0.6 is 11.8 Å². The Labute approximate surface area is 136 Å².